The highest BCUT2D eigenvalue weighted by Gasteiger charge is 2.21. The fourth-order valence-corrected chi connectivity index (χ4v) is 3.34. The first-order valence-corrected chi connectivity index (χ1v) is 10.0. The molecular weight excluding hydrogens is 414 g/mol. The number of rotatable bonds is 8. The van der Waals surface area contributed by atoms with Crippen LogP contribution in [0.5, 0.6) is 5.75 Å². The molecule has 0 saturated carbocycles. The molecule has 2 aromatic heterocycles. The number of carbonyl (C=O) groups is 2. The molecule has 3 aromatic rings. The van der Waals surface area contributed by atoms with E-state index >= 15 is 0 Å². The number of hydrogen-bond acceptors (Lipinski definition) is 7. The van der Waals surface area contributed by atoms with Crippen molar-refractivity contribution < 1.29 is 19.4 Å². The number of carbonyl (C=O) groups excluding carboxylic acids is 1. The Hall–Kier alpha value is -3.95. The zero-order chi connectivity index (χ0) is 23.4. The Morgan fingerprint density at radius 2 is 1.94 bits per heavy atom. The molecule has 168 valence electrons. The lowest BCUT2D eigenvalue weighted by Crippen LogP contribution is -2.30. The number of fused-ring (bicyclic) bond motifs is 1. The molecule has 1 atom stereocenters. The molecule has 2 N–H and O–H groups in total. The number of ether oxygens (including phenoxy) is 1. The molecule has 10 heteroatoms. The Morgan fingerprint density at radius 3 is 2.59 bits per heavy atom. The van der Waals surface area contributed by atoms with Gasteiger partial charge in [-0.1, -0.05) is 18.2 Å². The molecule has 32 heavy (non-hydrogen) atoms. The summed E-state index contributed by atoms with van der Waals surface area (Å²) < 4.78 is 6.94. The highest BCUT2D eigenvalue weighted by Crippen LogP contribution is 2.29. The Morgan fingerprint density at radius 1 is 1.22 bits per heavy atom. The number of carboxylic acid groups (broad SMARTS) is 1. The average molecular weight is 439 g/mol. The molecule has 0 aliphatic rings. The summed E-state index contributed by atoms with van der Waals surface area (Å²) in [4.78, 5) is 46.4. The second-order valence-electron chi connectivity index (χ2n) is 7.21. The topological polar surface area (TPSA) is 127 Å². The third-order valence-corrected chi connectivity index (χ3v) is 5.15. The molecule has 1 amide bonds. The van der Waals surface area contributed by atoms with Gasteiger partial charge in [-0.2, -0.15) is 0 Å². The van der Waals surface area contributed by atoms with Gasteiger partial charge in [-0.05, 0) is 25.1 Å². The minimum Gasteiger partial charge on any atom is -0.496 e. The van der Waals surface area contributed by atoms with Gasteiger partial charge < -0.3 is 20.1 Å². The van der Waals surface area contributed by atoms with Crippen molar-refractivity contribution >= 4 is 34.7 Å². The van der Waals surface area contributed by atoms with Gasteiger partial charge in [-0.3, -0.25) is 19.0 Å². The summed E-state index contributed by atoms with van der Waals surface area (Å²) in [7, 11) is 3.15. The molecule has 3 rings (SSSR count). The Labute approximate surface area is 184 Å². The maximum absolute atomic E-state index is 13.4. The molecule has 0 unspecified atom stereocenters. The number of aromatic nitrogens is 3. The highest BCUT2D eigenvalue weighted by molar-refractivity contribution is 5.91. The van der Waals surface area contributed by atoms with Crippen molar-refractivity contribution in [1.82, 2.24) is 14.5 Å². The molecule has 10 nitrogen and oxygen atoms in total. The number of benzene rings is 1. The molecule has 0 bridgehead atoms. The number of hydrogen-bond donors (Lipinski definition) is 2. The van der Waals surface area contributed by atoms with Crippen LogP contribution in [0.15, 0.2) is 41.2 Å². The minimum atomic E-state index is -0.986. The third kappa shape index (κ3) is 4.53. The maximum atomic E-state index is 13.4. The van der Waals surface area contributed by atoms with Crippen molar-refractivity contribution in [3.8, 4) is 5.75 Å². The van der Waals surface area contributed by atoms with E-state index in [0.29, 0.717) is 22.7 Å². The number of anilines is 2. The van der Waals surface area contributed by atoms with Gasteiger partial charge in [0, 0.05) is 26.1 Å². The number of carboxylic acids is 1. The highest BCUT2D eigenvalue weighted by atomic mass is 16.5. The number of pyridine rings is 1. The fraction of sp³-hybridized carbons (Fsp3) is 0.318. The fourth-order valence-electron chi connectivity index (χ4n) is 3.34. The number of aliphatic carboxylic acids is 1. The van der Waals surface area contributed by atoms with Gasteiger partial charge in [0.2, 0.25) is 5.91 Å². The second kappa shape index (κ2) is 9.46. The first kappa shape index (κ1) is 22.7. The van der Waals surface area contributed by atoms with Crippen LogP contribution in [0.4, 0.5) is 11.6 Å². The summed E-state index contributed by atoms with van der Waals surface area (Å²) in [5, 5.41) is 11.7. The number of amides is 1. The number of nitrogens with one attached hydrogen (secondary N) is 1. The van der Waals surface area contributed by atoms with Crippen molar-refractivity contribution in [3.05, 3.63) is 52.3 Å². The summed E-state index contributed by atoms with van der Waals surface area (Å²) in [5.41, 5.74) is 1.01. The standard InChI is InChI=1S/C22H25N5O5/c1-13(15-7-5-6-8-17(15)32-4)27-21-16(9-10-18(25-21)26(3)14(2)28)24-20(22(27)31)23-12-11-19(29)30/h5-10,13H,11-12H2,1-4H3,(H,23,24)(H,29,30)/t13-/m0/s1. The maximum Gasteiger partial charge on any atom is 0.305 e. The van der Waals surface area contributed by atoms with E-state index in [1.165, 1.54) is 16.4 Å². The lowest BCUT2D eigenvalue weighted by Gasteiger charge is -2.22. The smallest absolute Gasteiger partial charge is 0.305 e. The molecule has 1 aromatic carbocycles. The zero-order valence-corrected chi connectivity index (χ0v) is 18.3. The van der Waals surface area contributed by atoms with Crippen molar-refractivity contribution in [2.24, 2.45) is 0 Å². The molecular formula is C22H25N5O5. The average Bonchev–Trinajstić information content (AvgIpc) is 2.78. The lowest BCUT2D eigenvalue weighted by atomic mass is 10.1. The van der Waals surface area contributed by atoms with Gasteiger partial charge in [0.05, 0.1) is 19.6 Å². The van der Waals surface area contributed by atoms with E-state index in [-0.39, 0.29) is 24.7 Å². The van der Waals surface area contributed by atoms with E-state index in [1.54, 1.807) is 32.4 Å². The largest absolute Gasteiger partial charge is 0.496 e. The van der Waals surface area contributed by atoms with Gasteiger partial charge in [-0.25, -0.2) is 9.97 Å². The molecule has 0 aliphatic carbocycles. The SMILES string of the molecule is COc1ccccc1[C@H](C)n1c(=O)c(NCCC(=O)O)nc2ccc(N(C)C(C)=O)nc21. The van der Waals surface area contributed by atoms with Gasteiger partial charge in [0.1, 0.15) is 17.1 Å². The van der Waals surface area contributed by atoms with Crippen LogP contribution < -0.4 is 20.5 Å². The van der Waals surface area contributed by atoms with E-state index in [2.05, 4.69) is 15.3 Å². The van der Waals surface area contributed by atoms with Crippen molar-refractivity contribution in [1.29, 1.82) is 0 Å². The summed E-state index contributed by atoms with van der Waals surface area (Å²) in [6.07, 6.45) is -0.165. The normalized spacial score (nSPS) is 11.8. The Bertz CT molecular complexity index is 1220. The summed E-state index contributed by atoms with van der Waals surface area (Å²) in [6.45, 7) is 3.30. The first-order valence-electron chi connectivity index (χ1n) is 10.0. The van der Waals surface area contributed by atoms with Crippen LogP contribution in [0.25, 0.3) is 11.2 Å². The van der Waals surface area contributed by atoms with Crippen molar-refractivity contribution in [2.75, 3.05) is 30.9 Å². The number of para-hydroxylation sites is 1. The monoisotopic (exact) mass is 439 g/mol. The molecule has 2 heterocycles. The van der Waals surface area contributed by atoms with Crippen LogP contribution in [-0.2, 0) is 9.59 Å². The predicted octanol–water partition coefficient (Wildman–Crippen LogP) is 2.28. The number of methoxy groups -OCH3 is 1. The van der Waals surface area contributed by atoms with E-state index in [0.717, 1.165) is 5.56 Å². The summed E-state index contributed by atoms with van der Waals surface area (Å²) in [6, 6.07) is 10.1. The van der Waals surface area contributed by atoms with Gasteiger partial charge >= 0.3 is 5.97 Å². The summed E-state index contributed by atoms with van der Waals surface area (Å²) >= 11 is 0. The van der Waals surface area contributed by atoms with Gasteiger partial charge in [-0.15, -0.1) is 0 Å². The van der Waals surface area contributed by atoms with Crippen LogP contribution in [0.2, 0.25) is 0 Å². The molecule has 0 aliphatic heterocycles. The summed E-state index contributed by atoms with van der Waals surface area (Å²) in [5.74, 6) is -0.189. The van der Waals surface area contributed by atoms with Crippen molar-refractivity contribution in [3.63, 3.8) is 0 Å². The molecule has 0 fully saturated rings. The molecule has 0 spiro atoms. The van der Waals surface area contributed by atoms with Crippen LogP contribution in [0.1, 0.15) is 31.9 Å². The van der Waals surface area contributed by atoms with Gasteiger partial charge in [0.25, 0.3) is 5.56 Å². The minimum absolute atomic E-state index is 0.0231. The van der Waals surface area contributed by atoms with Crippen LogP contribution in [0.3, 0.4) is 0 Å². The van der Waals surface area contributed by atoms with E-state index in [1.807, 2.05) is 25.1 Å². The third-order valence-electron chi connectivity index (χ3n) is 5.15. The Balaban J connectivity index is 2.23. The molecule has 0 saturated heterocycles. The van der Waals surface area contributed by atoms with Crippen molar-refractivity contribution in [2.45, 2.75) is 26.3 Å². The first-order chi connectivity index (χ1) is 15.2. The van der Waals surface area contributed by atoms with E-state index in [9.17, 15) is 14.4 Å². The second-order valence-corrected chi connectivity index (χ2v) is 7.21. The van der Waals surface area contributed by atoms with Crippen LogP contribution in [0, 0.1) is 0 Å². The zero-order valence-electron chi connectivity index (χ0n) is 18.3. The van der Waals surface area contributed by atoms with Gasteiger partial charge in [0.15, 0.2) is 11.5 Å². The van der Waals surface area contributed by atoms with Crippen LogP contribution in [-0.4, -0.2) is 52.2 Å². The van der Waals surface area contributed by atoms with Crippen LogP contribution >= 0.6 is 0 Å². The lowest BCUT2D eigenvalue weighted by molar-refractivity contribution is -0.136. The van der Waals surface area contributed by atoms with E-state index < -0.39 is 17.6 Å². The predicted molar refractivity (Wildman–Crippen MR) is 120 cm³/mol. The number of nitrogens with zero attached hydrogens (tertiary/aromatic N) is 4. The quantitative estimate of drug-likeness (QED) is 0.547. The van der Waals surface area contributed by atoms with E-state index in [4.69, 9.17) is 9.84 Å². The Kier molecular flexibility index (Phi) is 6.72. The molecule has 0 radical (unpaired) electrons.